The van der Waals surface area contributed by atoms with Crippen molar-refractivity contribution in [3.8, 4) is 0 Å². The molecule has 0 aliphatic carbocycles. The lowest BCUT2D eigenvalue weighted by atomic mass is 10.1. The van der Waals surface area contributed by atoms with Crippen LogP contribution in [-0.4, -0.2) is 24.2 Å². The molecular weight excluding hydrogens is 248 g/mol. The minimum absolute atomic E-state index is 0.0837. The largest absolute Gasteiger partial charge is 0.397 e. The van der Waals surface area contributed by atoms with E-state index in [2.05, 4.69) is 21.2 Å². The fourth-order valence-electron chi connectivity index (χ4n) is 1.000. The quantitative estimate of drug-likeness (QED) is 0.701. The van der Waals surface area contributed by atoms with Gasteiger partial charge in [0.2, 0.25) is 0 Å². The summed E-state index contributed by atoms with van der Waals surface area (Å²) in [7, 11) is 0. The lowest BCUT2D eigenvalue weighted by Crippen LogP contribution is -2.27. The number of benzene rings is 1. The average molecular weight is 259 g/mol. The van der Waals surface area contributed by atoms with E-state index in [0.717, 1.165) is 0 Å². The summed E-state index contributed by atoms with van der Waals surface area (Å²) in [5.41, 5.74) is 6.50. The fraction of sp³-hybridized carbons (Fsp3) is 0.222. The van der Waals surface area contributed by atoms with Crippen LogP contribution in [0.5, 0.6) is 0 Å². The van der Waals surface area contributed by atoms with Crippen LogP contribution < -0.4 is 11.1 Å². The minimum atomic E-state index is -0.280. The summed E-state index contributed by atoms with van der Waals surface area (Å²) in [6, 6.07) is 5.12. The minimum Gasteiger partial charge on any atom is -0.397 e. The number of para-hydroxylation sites is 1. The molecule has 0 aliphatic rings. The van der Waals surface area contributed by atoms with Gasteiger partial charge in [0, 0.05) is 11.0 Å². The zero-order valence-corrected chi connectivity index (χ0v) is 9.04. The number of nitrogens with one attached hydrogen (secondary N) is 1. The highest BCUT2D eigenvalue weighted by Gasteiger charge is 2.10. The van der Waals surface area contributed by atoms with Gasteiger partial charge in [0.05, 0.1) is 17.9 Å². The Morgan fingerprint density at radius 2 is 2.29 bits per heavy atom. The molecule has 4 nitrogen and oxygen atoms in total. The Morgan fingerprint density at radius 3 is 2.93 bits per heavy atom. The van der Waals surface area contributed by atoms with Crippen LogP contribution in [-0.2, 0) is 0 Å². The maximum atomic E-state index is 11.5. The molecule has 0 unspecified atom stereocenters. The molecule has 0 heterocycles. The normalized spacial score (nSPS) is 9.86. The van der Waals surface area contributed by atoms with Crippen molar-refractivity contribution in [3.63, 3.8) is 0 Å². The summed E-state index contributed by atoms with van der Waals surface area (Å²) in [5.74, 6) is -0.280. The number of carbonyl (C=O) groups excluding carboxylic acids is 1. The van der Waals surface area contributed by atoms with Crippen molar-refractivity contribution in [2.75, 3.05) is 18.9 Å². The predicted molar refractivity (Wildman–Crippen MR) is 58.0 cm³/mol. The third-order valence-electron chi connectivity index (χ3n) is 1.69. The third-order valence-corrected chi connectivity index (χ3v) is 2.39. The van der Waals surface area contributed by atoms with Crippen LogP contribution >= 0.6 is 15.9 Å². The average Bonchev–Trinajstić information content (AvgIpc) is 2.18. The first-order valence-electron chi connectivity index (χ1n) is 4.10. The zero-order chi connectivity index (χ0) is 10.6. The number of halogens is 1. The number of rotatable bonds is 3. The second-order valence-electron chi connectivity index (χ2n) is 2.68. The van der Waals surface area contributed by atoms with E-state index in [0.29, 0.717) is 15.7 Å². The molecule has 76 valence electrons. The van der Waals surface area contributed by atoms with Gasteiger partial charge in [0.1, 0.15) is 0 Å². The highest BCUT2D eigenvalue weighted by Crippen LogP contribution is 2.22. The van der Waals surface area contributed by atoms with E-state index < -0.39 is 0 Å². The molecular formula is C9H11BrN2O2. The molecule has 0 aromatic heterocycles. The smallest absolute Gasteiger partial charge is 0.253 e. The number of anilines is 1. The van der Waals surface area contributed by atoms with E-state index in [1.807, 2.05) is 0 Å². The second kappa shape index (κ2) is 4.97. The van der Waals surface area contributed by atoms with Crippen molar-refractivity contribution in [2.45, 2.75) is 0 Å². The number of carbonyl (C=O) groups is 1. The van der Waals surface area contributed by atoms with Crippen LogP contribution in [0, 0.1) is 0 Å². The highest BCUT2D eigenvalue weighted by atomic mass is 79.9. The Labute approximate surface area is 90.2 Å². The second-order valence-corrected chi connectivity index (χ2v) is 3.53. The van der Waals surface area contributed by atoms with Gasteiger partial charge < -0.3 is 16.2 Å². The van der Waals surface area contributed by atoms with Gasteiger partial charge in [-0.1, -0.05) is 6.07 Å². The van der Waals surface area contributed by atoms with Gasteiger partial charge in [-0.3, -0.25) is 4.79 Å². The number of aliphatic hydroxyl groups excluding tert-OH is 1. The Bertz CT molecular complexity index is 342. The van der Waals surface area contributed by atoms with E-state index in [9.17, 15) is 4.79 Å². The molecule has 14 heavy (non-hydrogen) atoms. The van der Waals surface area contributed by atoms with Crippen LogP contribution in [0.2, 0.25) is 0 Å². The summed E-state index contributed by atoms with van der Waals surface area (Å²) >= 11 is 3.23. The van der Waals surface area contributed by atoms with Crippen molar-refractivity contribution in [2.24, 2.45) is 0 Å². The van der Waals surface area contributed by atoms with E-state index in [1.165, 1.54) is 0 Å². The molecule has 1 aromatic rings. The van der Waals surface area contributed by atoms with Crippen molar-refractivity contribution in [1.29, 1.82) is 0 Å². The first kappa shape index (κ1) is 11.0. The van der Waals surface area contributed by atoms with E-state index >= 15 is 0 Å². The molecule has 1 rings (SSSR count). The van der Waals surface area contributed by atoms with Crippen LogP contribution in [0.15, 0.2) is 22.7 Å². The van der Waals surface area contributed by atoms with Crippen molar-refractivity contribution >= 4 is 27.5 Å². The van der Waals surface area contributed by atoms with Crippen molar-refractivity contribution in [3.05, 3.63) is 28.2 Å². The molecule has 0 fully saturated rings. The maximum absolute atomic E-state index is 11.5. The third kappa shape index (κ3) is 2.46. The van der Waals surface area contributed by atoms with Gasteiger partial charge in [-0.2, -0.15) is 0 Å². The maximum Gasteiger partial charge on any atom is 0.253 e. The molecule has 4 N–H and O–H groups in total. The highest BCUT2D eigenvalue weighted by molar-refractivity contribution is 9.10. The molecule has 0 radical (unpaired) electrons. The van der Waals surface area contributed by atoms with Crippen LogP contribution in [0.3, 0.4) is 0 Å². The van der Waals surface area contributed by atoms with Crippen molar-refractivity contribution in [1.82, 2.24) is 5.32 Å². The SMILES string of the molecule is Nc1c(Br)cccc1C(=O)NCCO. The van der Waals surface area contributed by atoms with Gasteiger partial charge in [-0.05, 0) is 28.1 Å². The number of hydrogen-bond acceptors (Lipinski definition) is 3. The molecule has 0 bridgehead atoms. The number of nitrogen functional groups attached to an aromatic ring is 1. The molecule has 1 aromatic carbocycles. The number of nitrogens with two attached hydrogens (primary N) is 1. The van der Waals surface area contributed by atoms with Crippen LogP contribution in [0.25, 0.3) is 0 Å². The molecule has 1 amide bonds. The number of hydrogen-bond donors (Lipinski definition) is 3. The van der Waals surface area contributed by atoms with Gasteiger partial charge in [-0.15, -0.1) is 0 Å². The summed E-state index contributed by atoms with van der Waals surface area (Å²) < 4.78 is 0.689. The summed E-state index contributed by atoms with van der Waals surface area (Å²) in [5, 5.41) is 11.1. The van der Waals surface area contributed by atoms with Crippen LogP contribution in [0.4, 0.5) is 5.69 Å². The van der Waals surface area contributed by atoms with Crippen LogP contribution in [0.1, 0.15) is 10.4 Å². The fourth-order valence-corrected chi connectivity index (χ4v) is 1.37. The molecule has 5 heteroatoms. The molecule has 0 saturated carbocycles. The van der Waals surface area contributed by atoms with E-state index in [4.69, 9.17) is 10.8 Å². The van der Waals surface area contributed by atoms with Gasteiger partial charge in [0.25, 0.3) is 5.91 Å². The van der Waals surface area contributed by atoms with Gasteiger partial charge in [-0.25, -0.2) is 0 Å². The summed E-state index contributed by atoms with van der Waals surface area (Å²) in [6.45, 7) is 0.143. The van der Waals surface area contributed by atoms with E-state index in [-0.39, 0.29) is 19.1 Å². The summed E-state index contributed by atoms with van der Waals surface area (Å²) in [6.07, 6.45) is 0. The molecule has 0 spiro atoms. The Balaban J connectivity index is 2.84. The topological polar surface area (TPSA) is 75.4 Å². The van der Waals surface area contributed by atoms with Crippen molar-refractivity contribution < 1.29 is 9.90 Å². The molecule has 0 aliphatic heterocycles. The Hall–Kier alpha value is -1.07. The Kier molecular flexibility index (Phi) is 3.91. The van der Waals surface area contributed by atoms with Gasteiger partial charge >= 0.3 is 0 Å². The van der Waals surface area contributed by atoms with Gasteiger partial charge in [0.15, 0.2) is 0 Å². The first-order chi connectivity index (χ1) is 6.66. The molecule has 0 atom stereocenters. The first-order valence-corrected chi connectivity index (χ1v) is 4.89. The lowest BCUT2D eigenvalue weighted by Gasteiger charge is -2.07. The Morgan fingerprint density at radius 1 is 1.57 bits per heavy atom. The number of aliphatic hydroxyl groups is 1. The predicted octanol–water partition coefficient (Wildman–Crippen LogP) is 0.753. The summed E-state index contributed by atoms with van der Waals surface area (Å²) in [4.78, 5) is 11.5. The monoisotopic (exact) mass is 258 g/mol. The standard InChI is InChI=1S/C9H11BrN2O2/c10-7-3-1-2-6(8(7)11)9(14)12-4-5-13/h1-3,13H,4-5,11H2,(H,12,14). The van der Waals surface area contributed by atoms with E-state index in [1.54, 1.807) is 18.2 Å². The lowest BCUT2D eigenvalue weighted by molar-refractivity contribution is 0.0945. The number of amides is 1. The molecule has 0 saturated heterocycles. The zero-order valence-electron chi connectivity index (χ0n) is 7.46.